The average Bonchev–Trinajstić information content (AvgIpc) is 2.96. The van der Waals surface area contributed by atoms with Gasteiger partial charge in [0.05, 0.1) is 5.56 Å². The number of amides is 2. The van der Waals surface area contributed by atoms with Crippen molar-refractivity contribution in [2.45, 2.75) is 0 Å². The van der Waals surface area contributed by atoms with Gasteiger partial charge >= 0.3 is 0 Å². The fourth-order valence-electron chi connectivity index (χ4n) is 1.30. The van der Waals surface area contributed by atoms with Gasteiger partial charge in [0, 0.05) is 11.0 Å². The van der Waals surface area contributed by atoms with Gasteiger partial charge in [0.15, 0.2) is 0 Å². The molecule has 0 saturated carbocycles. The van der Waals surface area contributed by atoms with Crippen LogP contribution in [-0.4, -0.2) is 11.8 Å². The summed E-state index contributed by atoms with van der Waals surface area (Å²) in [6, 6.07) is 5.41. The van der Waals surface area contributed by atoms with Crippen molar-refractivity contribution in [3.63, 3.8) is 0 Å². The van der Waals surface area contributed by atoms with Gasteiger partial charge in [-0.25, -0.2) is 0 Å². The van der Waals surface area contributed by atoms with Crippen molar-refractivity contribution in [3.05, 3.63) is 45.5 Å². The highest BCUT2D eigenvalue weighted by Crippen LogP contribution is 2.22. The van der Waals surface area contributed by atoms with Gasteiger partial charge in [-0.15, -0.1) is 22.7 Å². The molecule has 0 aromatic carbocycles. The molecule has 0 radical (unpaired) electrons. The topological polar surface area (TPSA) is 72.2 Å². The van der Waals surface area contributed by atoms with Crippen molar-refractivity contribution in [1.29, 1.82) is 0 Å². The SMILES string of the molecule is NC(=O)c1ccsc1NC(=O)/C=C/c1cccs1. The summed E-state index contributed by atoms with van der Waals surface area (Å²) in [7, 11) is 0. The lowest BCUT2D eigenvalue weighted by molar-refractivity contribution is -0.111. The van der Waals surface area contributed by atoms with Crippen LogP contribution in [0.25, 0.3) is 6.08 Å². The lowest BCUT2D eigenvalue weighted by Gasteiger charge is -2.00. The molecule has 0 aliphatic rings. The van der Waals surface area contributed by atoms with Crippen LogP contribution in [0.4, 0.5) is 5.00 Å². The third-order valence-corrected chi connectivity index (χ3v) is 3.78. The molecule has 0 atom stereocenters. The summed E-state index contributed by atoms with van der Waals surface area (Å²) in [6.45, 7) is 0. The van der Waals surface area contributed by atoms with Crippen LogP contribution in [0.15, 0.2) is 35.0 Å². The maximum Gasteiger partial charge on any atom is 0.251 e. The highest BCUT2D eigenvalue weighted by Gasteiger charge is 2.10. The number of thiophene rings is 2. The number of nitrogens with one attached hydrogen (secondary N) is 1. The van der Waals surface area contributed by atoms with Gasteiger partial charge in [0.2, 0.25) is 5.91 Å². The fraction of sp³-hybridized carbons (Fsp3) is 0. The number of carbonyl (C=O) groups excluding carboxylic acids is 2. The molecule has 4 nitrogen and oxygen atoms in total. The van der Waals surface area contributed by atoms with E-state index in [9.17, 15) is 9.59 Å². The van der Waals surface area contributed by atoms with E-state index in [1.54, 1.807) is 28.9 Å². The van der Waals surface area contributed by atoms with Crippen LogP contribution in [0.2, 0.25) is 0 Å². The van der Waals surface area contributed by atoms with Crippen molar-refractivity contribution < 1.29 is 9.59 Å². The largest absolute Gasteiger partial charge is 0.366 e. The maximum atomic E-state index is 11.6. The monoisotopic (exact) mass is 278 g/mol. The molecule has 2 heterocycles. The van der Waals surface area contributed by atoms with E-state index in [-0.39, 0.29) is 5.91 Å². The van der Waals surface area contributed by atoms with Gasteiger partial charge in [-0.05, 0) is 29.0 Å². The zero-order valence-corrected chi connectivity index (χ0v) is 10.9. The number of nitrogens with two attached hydrogens (primary N) is 1. The molecule has 2 aromatic rings. The minimum Gasteiger partial charge on any atom is -0.366 e. The van der Waals surface area contributed by atoms with Crippen LogP contribution in [0.1, 0.15) is 15.2 Å². The first-order valence-corrected chi connectivity index (χ1v) is 6.82. The van der Waals surface area contributed by atoms with Crippen molar-refractivity contribution in [2.24, 2.45) is 5.73 Å². The van der Waals surface area contributed by atoms with E-state index in [0.29, 0.717) is 10.6 Å². The second kappa shape index (κ2) is 5.61. The van der Waals surface area contributed by atoms with Gasteiger partial charge in [-0.2, -0.15) is 0 Å². The molecular formula is C12H10N2O2S2. The lowest BCUT2D eigenvalue weighted by atomic mass is 10.3. The van der Waals surface area contributed by atoms with E-state index in [4.69, 9.17) is 5.73 Å². The third kappa shape index (κ3) is 3.06. The predicted octanol–water partition coefficient (Wildman–Crippen LogP) is 2.56. The van der Waals surface area contributed by atoms with E-state index >= 15 is 0 Å². The first kappa shape index (κ1) is 12.5. The Morgan fingerprint density at radius 1 is 1.22 bits per heavy atom. The minimum atomic E-state index is -0.547. The summed E-state index contributed by atoms with van der Waals surface area (Å²) in [5, 5.41) is 6.75. The van der Waals surface area contributed by atoms with Gasteiger partial charge in [-0.3, -0.25) is 9.59 Å². The van der Waals surface area contributed by atoms with Crippen molar-refractivity contribution in [3.8, 4) is 0 Å². The molecule has 6 heteroatoms. The standard InChI is InChI=1S/C12H10N2O2S2/c13-11(16)9-5-7-18-12(9)14-10(15)4-3-8-2-1-6-17-8/h1-7H,(H2,13,16)(H,14,15)/b4-3+. The van der Waals surface area contributed by atoms with Gasteiger partial charge < -0.3 is 11.1 Å². The van der Waals surface area contributed by atoms with E-state index < -0.39 is 5.91 Å². The summed E-state index contributed by atoms with van der Waals surface area (Å²) in [5.41, 5.74) is 5.52. The fourth-order valence-corrected chi connectivity index (χ4v) is 2.71. The summed E-state index contributed by atoms with van der Waals surface area (Å²) in [6.07, 6.45) is 3.15. The van der Waals surface area contributed by atoms with Crippen molar-refractivity contribution in [2.75, 3.05) is 5.32 Å². The average molecular weight is 278 g/mol. The molecule has 0 spiro atoms. The molecule has 0 saturated heterocycles. The Morgan fingerprint density at radius 2 is 2.06 bits per heavy atom. The number of carbonyl (C=O) groups is 2. The number of hydrogen-bond acceptors (Lipinski definition) is 4. The van der Waals surface area contributed by atoms with Crippen LogP contribution in [0.5, 0.6) is 0 Å². The van der Waals surface area contributed by atoms with Crippen molar-refractivity contribution >= 4 is 45.6 Å². The Balaban J connectivity index is 2.03. The normalized spacial score (nSPS) is 10.7. The van der Waals surface area contributed by atoms with Gasteiger partial charge in [-0.1, -0.05) is 6.07 Å². The van der Waals surface area contributed by atoms with E-state index in [0.717, 1.165) is 4.88 Å². The molecular weight excluding hydrogens is 268 g/mol. The highest BCUT2D eigenvalue weighted by atomic mass is 32.1. The molecule has 3 N–H and O–H groups in total. The third-order valence-electron chi connectivity index (χ3n) is 2.11. The second-order valence-electron chi connectivity index (χ2n) is 3.37. The van der Waals surface area contributed by atoms with Crippen LogP contribution in [0.3, 0.4) is 0 Å². The first-order chi connectivity index (χ1) is 8.66. The molecule has 2 aromatic heterocycles. The van der Waals surface area contributed by atoms with E-state index in [1.807, 2.05) is 17.5 Å². The molecule has 0 aliphatic carbocycles. The first-order valence-electron chi connectivity index (χ1n) is 5.06. The zero-order chi connectivity index (χ0) is 13.0. The Labute approximate surface area is 112 Å². The van der Waals surface area contributed by atoms with E-state index in [2.05, 4.69) is 5.32 Å². The molecule has 2 rings (SSSR count). The van der Waals surface area contributed by atoms with E-state index in [1.165, 1.54) is 17.4 Å². The van der Waals surface area contributed by atoms with Gasteiger partial charge in [0.25, 0.3) is 5.91 Å². The molecule has 0 unspecified atom stereocenters. The molecule has 92 valence electrons. The molecule has 0 fully saturated rings. The maximum absolute atomic E-state index is 11.6. The molecule has 2 amide bonds. The smallest absolute Gasteiger partial charge is 0.251 e. The second-order valence-corrected chi connectivity index (χ2v) is 5.26. The highest BCUT2D eigenvalue weighted by molar-refractivity contribution is 7.14. The lowest BCUT2D eigenvalue weighted by Crippen LogP contribution is -2.14. The van der Waals surface area contributed by atoms with Crippen LogP contribution in [0, 0.1) is 0 Å². The summed E-state index contributed by atoms with van der Waals surface area (Å²) in [4.78, 5) is 23.7. The van der Waals surface area contributed by atoms with Crippen LogP contribution < -0.4 is 11.1 Å². The Hall–Kier alpha value is -1.92. The zero-order valence-electron chi connectivity index (χ0n) is 9.25. The van der Waals surface area contributed by atoms with Crippen LogP contribution >= 0.6 is 22.7 Å². The number of anilines is 1. The van der Waals surface area contributed by atoms with Gasteiger partial charge in [0.1, 0.15) is 5.00 Å². The molecule has 0 aliphatic heterocycles. The van der Waals surface area contributed by atoms with Crippen molar-refractivity contribution in [1.82, 2.24) is 0 Å². The number of rotatable bonds is 4. The van der Waals surface area contributed by atoms with Crippen LogP contribution in [-0.2, 0) is 4.79 Å². The summed E-state index contributed by atoms with van der Waals surface area (Å²) < 4.78 is 0. The summed E-state index contributed by atoms with van der Waals surface area (Å²) >= 11 is 2.81. The Kier molecular flexibility index (Phi) is 3.91. The number of hydrogen-bond donors (Lipinski definition) is 2. The quantitative estimate of drug-likeness (QED) is 0.844. The Morgan fingerprint density at radius 3 is 2.72 bits per heavy atom. The Bertz CT molecular complexity index is 585. The minimum absolute atomic E-state index is 0.284. The summed E-state index contributed by atoms with van der Waals surface area (Å²) in [5.74, 6) is -0.831. The predicted molar refractivity (Wildman–Crippen MR) is 74.8 cm³/mol. The number of primary amides is 1. The molecule has 0 bridgehead atoms. The molecule has 18 heavy (non-hydrogen) atoms.